The van der Waals surface area contributed by atoms with Crippen molar-refractivity contribution >= 4 is 11.3 Å². The van der Waals surface area contributed by atoms with Crippen LogP contribution in [0.25, 0.3) is 0 Å². The molecule has 1 unspecified atom stereocenters. The van der Waals surface area contributed by atoms with Crippen molar-refractivity contribution in [3.63, 3.8) is 0 Å². The number of aromatic nitrogens is 3. The van der Waals surface area contributed by atoms with Gasteiger partial charge in [-0.15, -0.1) is 11.3 Å². The van der Waals surface area contributed by atoms with Crippen LogP contribution >= 0.6 is 11.3 Å². The van der Waals surface area contributed by atoms with E-state index in [1.165, 1.54) is 21.8 Å². The average molecular weight is 278 g/mol. The molecule has 0 aromatic carbocycles. The van der Waals surface area contributed by atoms with Gasteiger partial charge in [0.25, 0.3) is 0 Å². The molecule has 2 aromatic heterocycles. The molecule has 2 heterocycles. The zero-order valence-electron chi connectivity index (χ0n) is 12.3. The molecular formula is C14H22N4S. The molecule has 4 nitrogen and oxygen atoms in total. The highest BCUT2D eigenvalue weighted by atomic mass is 32.1. The Labute approximate surface area is 118 Å². The fourth-order valence-corrected chi connectivity index (χ4v) is 3.34. The zero-order valence-corrected chi connectivity index (χ0v) is 13.1. The lowest BCUT2D eigenvalue weighted by molar-refractivity contribution is 0.619. The summed E-state index contributed by atoms with van der Waals surface area (Å²) in [5, 5.41) is 9.02. The Balaban J connectivity index is 2.42. The van der Waals surface area contributed by atoms with Gasteiger partial charge in [0.1, 0.15) is 5.01 Å². The second-order valence-corrected chi connectivity index (χ2v) is 5.94. The molecule has 0 aliphatic carbocycles. The van der Waals surface area contributed by atoms with Gasteiger partial charge in [0.2, 0.25) is 0 Å². The Morgan fingerprint density at radius 1 is 1.37 bits per heavy atom. The van der Waals surface area contributed by atoms with Crippen molar-refractivity contribution in [2.24, 2.45) is 7.05 Å². The molecule has 1 N–H and O–H groups in total. The summed E-state index contributed by atoms with van der Waals surface area (Å²) < 4.78 is 1.92. The maximum Gasteiger partial charge on any atom is 0.115 e. The van der Waals surface area contributed by atoms with Crippen LogP contribution < -0.4 is 5.32 Å². The lowest BCUT2D eigenvalue weighted by Gasteiger charge is -2.15. The van der Waals surface area contributed by atoms with Crippen molar-refractivity contribution in [3.8, 4) is 0 Å². The van der Waals surface area contributed by atoms with Crippen LogP contribution in [0.2, 0.25) is 0 Å². The average Bonchev–Trinajstić information content (AvgIpc) is 2.92. The van der Waals surface area contributed by atoms with Crippen molar-refractivity contribution in [2.75, 3.05) is 6.54 Å². The molecule has 1 atom stereocenters. The molecule has 0 saturated carbocycles. The van der Waals surface area contributed by atoms with Gasteiger partial charge in [0.05, 0.1) is 17.9 Å². The number of hydrogen-bond acceptors (Lipinski definition) is 4. The lowest BCUT2D eigenvalue weighted by Crippen LogP contribution is -2.22. The van der Waals surface area contributed by atoms with Crippen molar-refractivity contribution < 1.29 is 0 Å². The summed E-state index contributed by atoms with van der Waals surface area (Å²) in [6.45, 7) is 9.45. The first-order valence-corrected chi connectivity index (χ1v) is 7.58. The predicted octanol–water partition coefficient (Wildman–Crippen LogP) is 2.75. The van der Waals surface area contributed by atoms with E-state index in [4.69, 9.17) is 4.98 Å². The van der Waals surface area contributed by atoms with Crippen molar-refractivity contribution in [3.05, 3.63) is 33.0 Å². The van der Waals surface area contributed by atoms with E-state index < -0.39 is 0 Å². The summed E-state index contributed by atoms with van der Waals surface area (Å²) in [6, 6.07) is 0.155. The summed E-state index contributed by atoms with van der Waals surface area (Å²) in [7, 11) is 1.98. The molecule has 0 radical (unpaired) electrons. The first-order chi connectivity index (χ1) is 9.08. The molecule has 0 fully saturated rings. The van der Waals surface area contributed by atoms with E-state index in [-0.39, 0.29) is 6.04 Å². The van der Waals surface area contributed by atoms with Gasteiger partial charge in [0.15, 0.2) is 0 Å². The van der Waals surface area contributed by atoms with Gasteiger partial charge in [-0.1, -0.05) is 13.8 Å². The third-order valence-electron chi connectivity index (χ3n) is 3.48. The molecule has 2 aromatic rings. The Morgan fingerprint density at radius 2 is 2.11 bits per heavy atom. The van der Waals surface area contributed by atoms with Gasteiger partial charge in [0, 0.05) is 23.2 Å². The van der Waals surface area contributed by atoms with Crippen molar-refractivity contribution in [1.29, 1.82) is 0 Å². The lowest BCUT2D eigenvalue weighted by atomic mass is 10.1. The summed E-state index contributed by atoms with van der Waals surface area (Å²) >= 11 is 1.79. The fourth-order valence-electron chi connectivity index (χ4n) is 2.24. The first-order valence-electron chi connectivity index (χ1n) is 6.76. The van der Waals surface area contributed by atoms with Crippen LogP contribution in [0.3, 0.4) is 0 Å². The number of aryl methyl sites for hydroxylation is 3. The molecule has 0 aliphatic heterocycles. The summed E-state index contributed by atoms with van der Waals surface area (Å²) in [6.07, 6.45) is 2.94. The van der Waals surface area contributed by atoms with E-state index in [2.05, 4.69) is 38.1 Å². The van der Waals surface area contributed by atoms with E-state index in [0.29, 0.717) is 0 Å². The monoisotopic (exact) mass is 278 g/mol. The van der Waals surface area contributed by atoms with Crippen molar-refractivity contribution in [2.45, 2.75) is 40.2 Å². The van der Waals surface area contributed by atoms with E-state index in [9.17, 15) is 0 Å². The van der Waals surface area contributed by atoms with E-state index >= 15 is 0 Å². The number of nitrogens with zero attached hydrogens (tertiary/aromatic N) is 3. The minimum atomic E-state index is 0.155. The van der Waals surface area contributed by atoms with Crippen LogP contribution in [0.4, 0.5) is 0 Å². The Hall–Kier alpha value is -1.20. The van der Waals surface area contributed by atoms with Gasteiger partial charge >= 0.3 is 0 Å². The van der Waals surface area contributed by atoms with Crippen molar-refractivity contribution in [1.82, 2.24) is 20.1 Å². The smallest absolute Gasteiger partial charge is 0.115 e. The maximum absolute atomic E-state index is 4.79. The Morgan fingerprint density at radius 3 is 2.58 bits per heavy atom. The normalized spacial score (nSPS) is 12.9. The van der Waals surface area contributed by atoms with E-state index in [1.807, 2.05) is 17.9 Å². The molecule has 5 heteroatoms. The minimum Gasteiger partial charge on any atom is -0.304 e. The third-order valence-corrected chi connectivity index (χ3v) is 4.56. The van der Waals surface area contributed by atoms with E-state index in [0.717, 1.165) is 18.0 Å². The number of hydrogen-bond donors (Lipinski definition) is 1. The third kappa shape index (κ3) is 2.72. The Bertz CT molecular complexity index is 556. The molecule has 0 bridgehead atoms. The van der Waals surface area contributed by atoms with Gasteiger partial charge in [-0.25, -0.2) is 4.98 Å². The van der Waals surface area contributed by atoms with Crippen LogP contribution in [-0.4, -0.2) is 21.3 Å². The molecule has 19 heavy (non-hydrogen) atoms. The summed E-state index contributed by atoms with van der Waals surface area (Å²) in [4.78, 5) is 6.11. The first kappa shape index (κ1) is 14.2. The number of thiazole rings is 1. The molecule has 0 aliphatic rings. The van der Waals surface area contributed by atoms with Gasteiger partial charge < -0.3 is 5.32 Å². The minimum absolute atomic E-state index is 0.155. The molecule has 0 amide bonds. The fraction of sp³-hybridized carbons (Fsp3) is 0.571. The topological polar surface area (TPSA) is 42.7 Å². The zero-order chi connectivity index (χ0) is 14.0. The maximum atomic E-state index is 4.79. The van der Waals surface area contributed by atoms with Crippen LogP contribution in [0.1, 0.15) is 46.7 Å². The van der Waals surface area contributed by atoms with E-state index in [1.54, 1.807) is 11.3 Å². The molecule has 104 valence electrons. The molecule has 0 spiro atoms. The van der Waals surface area contributed by atoms with Gasteiger partial charge in [-0.05, 0) is 26.8 Å². The summed E-state index contributed by atoms with van der Waals surface area (Å²) in [5.74, 6) is 0. The van der Waals surface area contributed by atoms with Crippen LogP contribution in [0.5, 0.6) is 0 Å². The van der Waals surface area contributed by atoms with Gasteiger partial charge in [-0.3, -0.25) is 4.68 Å². The quantitative estimate of drug-likeness (QED) is 0.914. The van der Waals surface area contributed by atoms with Crippen LogP contribution in [0, 0.1) is 13.8 Å². The SMILES string of the molecule is CCNC(c1nc(CC)c(C)s1)c1cnn(C)c1C. The van der Waals surface area contributed by atoms with Crippen LogP contribution in [-0.2, 0) is 13.5 Å². The standard InChI is InChI=1S/C14H22N4S/c1-6-12-10(4)19-14(17-12)13(15-7-2)11-8-16-18(5)9(11)3/h8,13,15H,6-7H2,1-5H3. The number of nitrogens with one attached hydrogen (secondary N) is 1. The van der Waals surface area contributed by atoms with Gasteiger partial charge in [-0.2, -0.15) is 5.10 Å². The van der Waals surface area contributed by atoms with Crippen LogP contribution in [0.15, 0.2) is 6.20 Å². The molecule has 0 saturated heterocycles. The second kappa shape index (κ2) is 5.84. The highest BCUT2D eigenvalue weighted by Gasteiger charge is 2.22. The second-order valence-electron chi connectivity index (χ2n) is 4.71. The predicted molar refractivity (Wildman–Crippen MR) is 79.7 cm³/mol. The molecule has 2 rings (SSSR count). The highest BCUT2D eigenvalue weighted by Crippen LogP contribution is 2.29. The highest BCUT2D eigenvalue weighted by molar-refractivity contribution is 7.11. The number of rotatable bonds is 5. The largest absolute Gasteiger partial charge is 0.304 e. The summed E-state index contributed by atoms with van der Waals surface area (Å²) in [5.41, 5.74) is 3.63. The Kier molecular flexibility index (Phi) is 4.37. The molecular weight excluding hydrogens is 256 g/mol.